The molecule has 1 aromatic carbocycles. The number of halogens is 2. The molecule has 0 atom stereocenters. The van der Waals surface area contributed by atoms with Crippen LogP contribution in [0.2, 0.25) is 0 Å². The lowest BCUT2D eigenvalue weighted by Crippen LogP contribution is -2.06. The molecule has 2 nitrogen and oxygen atoms in total. The van der Waals surface area contributed by atoms with Crippen LogP contribution < -0.4 is 0 Å². The molecule has 0 unspecified atom stereocenters. The van der Waals surface area contributed by atoms with Crippen molar-refractivity contribution in [1.29, 1.82) is 0 Å². The molecule has 17 heavy (non-hydrogen) atoms. The van der Waals surface area contributed by atoms with Crippen LogP contribution in [-0.4, -0.2) is 10.8 Å². The monoisotopic (exact) mass is 293 g/mol. The summed E-state index contributed by atoms with van der Waals surface area (Å²) < 4.78 is 14.3. The Morgan fingerprint density at radius 2 is 2.06 bits per heavy atom. The van der Waals surface area contributed by atoms with Crippen molar-refractivity contribution in [2.75, 3.05) is 0 Å². The van der Waals surface area contributed by atoms with Gasteiger partial charge in [-0.3, -0.25) is 9.78 Å². The maximum absolute atomic E-state index is 13.5. The molecule has 1 heterocycles. The number of benzene rings is 1. The minimum atomic E-state index is -0.600. The number of rotatable bonds is 2. The quantitative estimate of drug-likeness (QED) is 0.793. The molecule has 0 aliphatic rings. The van der Waals surface area contributed by atoms with Crippen molar-refractivity contribution in [3.8, 4) is 0 Å². The Balaban J connectivity index is 2.52. The van der Waals surface area contributed by atoms with E-state index in [1.165, 1.54) is 12.3 Å². The average Bonchev–Trinajstić information content (AvgIpc) is 2.32. The summed E-state index contributed by atoms with van der Waals surface area (Å²) in [6, 6.07) is 6.67. The standard InChI is InChI=1S/C13H9BrFNO/c1-8-9(3-2-4-11(8)14)13(17)10-5-6-16-7-12(10)15/h2-7H,1H3. The molecule has 0 spiro atoms. The summed E-state index contributed by atoms with van der Waals surface area (Å²) in [5.74, 6) is -0.930. The fourth-order valence-electron chi connectivity index (χ4n) is 1.56. The smallest absolute Gasteiger partial charge is 0.196 e. The van der Waals surface area contributed by atoms with Gasteiger partial charge in [0.05, 0.1) is 11.8 Å². The molecule has 0 N–H and O–H groups in total. The van der Waals surface area contributed by atoms with E-state index in [-0.39, 0.29) is 11.3 Å². The molecule has 0 saturated carbocycles. The highest BCUT2D eigenvalue weighted by molar-refractivity contribution is 9.10. The van der Waals surface area contributed by atoms with E-state index in [9.17, 15) is 9.18 Å². The molecule has 0 fully saturated rings. The summed E-state index contributed by atoms with van der Waals surface area (Å²) >= 11 is 3.35. The molecular formula is C13H9BrFNO. The lowest BCUT2D eigenvalue weighted by molar-refractivity contribution is 0.103. The minimum absolute atomic E-state index is 0.0428. The molecule has 4 heteroatoms. The second-order valence-corrected chi connectivity index (χ2v) is 4.45. The first-order chi connectivity index (χ1) is 8.11. The summed E-state index contributed by atoms with van der Waals surface area (Å²) in [5, 5.41) is 0. The first-order valence-corrected chi connectivity index (χ1v) is 5.80. The molecule has 86 valence electrons. The van der Waals surface area contributed by atoms with Crippen LogP contribution in [0.3, 0.4) is 0 Å². The highest BCUT2D eigenvalue weighted by Crippen LogP contribution is 2.22. The van der Waals surface area contributed by atoms with Crippen LogP contribution in [0.5, 0.6) is 0 Å². The molecule has 0 saturated heterocycles. The zero-order valence-electron chi connectivity index (χ0n) is 9.08. The minimum Gasteiger partial charge on any atom is -0.288 e. The van der Waals surface area contributed by atoms with Gasteiger partial charge in [0.1, 0.15) is 0 Å². The normalized spacial score (nSPS) is 10.3. The maximum Gasteiger partial charge on any atom is 0.196 e. The SMILES string of the molecule is Cc1c(Br)cccc1C(=O)c1ccncc1F. The Hall–Kier alpha value is -1.55. The number of carbonyl (C=O) groups is 1. The van der Waals surface area contributed by atoms with E-state index >= 15 is 0 Å². The van der Waals surface area contributed by atoms with Crippen LogP contribution in [-0.2, 0) is 0 Å². The number of hydrogen-bond donors (Lipinski definition) is 0. The molecule has 2 rings (SSSR count). The van der Waals surface area contributed by atoms with Crippen LogP contribution in [0.4, 0.5) is 4.39 Å². The van der Waals surface area contributed by atoms with Crippen LogP contribution in [0.25, 0.3) is 0 Å². The van der Waals surface area contributed by atoms with Gasteiger partial charge in [0.2, 0.25) is 0 Å². The van der Waals surface area contributed by atoms with E-state index < -0.39 is 5.82 Å². The van der Waals surface area contributed by atoms with Gasteiger partial charge in [-0.15, -0.1) is 0 Å². The van der Waals surface area contributed by atoms with Crippen molar-refractivity contribution in [3.63, 3.8) is 0 Å². The van der Waals surface area contributed by atoms with E-state index in [2.05, 4.69) is 20.9 Å². The van der Waals surface area contributed by atoms with Gasteiger partial charge in [0, 0.05) is 16.2 Å². The summed E-state index contributed by atoms with van der Waals surface area (Å²) in [4.78, 5) is 15.8. The fraction of sp³-hybridized carbons (Fsp3) is 0.0769. The van der Waals surface area contributed by atoms with Gasteiger partial charge < -0.3 is 0 Å². The van der Waals surface area contributed by atoms with Crippen molar-refractivity contribution in [3.05, 3.63) is 63.6 Å². The maximum atomic E-state index is 13.5. The van der Waals surface area contributed by atoms with Crippen LogP contribution >= 0.6 is 15.9 Å². The summed E-state index contributed by atoms with van der Waals surface area (Å²) in [5.41, 5.74) is 1.33. The Bertz CT molecular complexity index is 583. The zero-order valence-corrected chi connectivity index (χ0v) is 10.7. The van der Waals surface area contributed by atoms with Gasteiger partial charge in [-0.1, -0.05) is 28.1 Å². The van der Waals surface area contributed by atoms with Crippen LogP contribution in [0, 0.1) is 12.7 Å². The zero-order chi connectivity index (χ0) is 12.4. The molecular weight excluding hydrogens is 285 g/mol. The van der Waals surface area contributed by atoms with E-state index in [1.54, 1.807) is 12.1 Å². The van der Waals surface area contributed by atoms with Crippen molar-refractivity contribution in [2.45, 2.75) is 6.92 Å². The van der Waals surface area contributed by atoms with Crippen molar-refractivity contribution in [1.82, 2.24) is 4.98 Å². The van der Waals surface area contributed by atoms with Gasteiger partial charge in [-0.05, 0) is 24.6 Å². The molecule has 0 aliphatic heterocycles. The van der Waals surface area contributed by atoms with Crippen LogP contribution in [0.15, 0.2) is 41.1 Å². The van der Waals surface area contributed by atoms with Crippen molar-refractivity contribution in [2.24, 2.45) is 0 Å². The molecule has 0 amide bonds. The topological polar surface area (TPSA) is 30.0 Å². The largest absolute Gasteiger partial charge is 0.288 e. The van der Waals surface area contributed by atoms with E-state index in [0.717, 1.165) is 16.2 Å². The van der Waals surface area contributed by atoms with Gasteiger partial charge in [-0.2, -0.15) is 0 Å². The van der Waals surface area contributed by atoms with Crippen molar-refractivity contribution < 1.29 is 9.18 Å². The molecule has 2 aromatic rings. The first-order valence-electron chi connectivity index (χ1n) is 5.00. The highest BCUT2D eigenvalue weighted by atomic mass is 79.9. The van der Waals surface area contributed by atoms with Crippen molar-refractivity contribution >= 4 is 21.7 Å². The molecule has 0 radical (unpaired) electrons. The number of pyridine rings is 1. The third-order valence-corrected chi connectivity index (χ3v) is 3.39. The Labute approximate surface area is 107 Å². The molecule has 0 aliphatic carbocycles. The summed E-state index contributed by atoms with van der Waals surface area (Å²) in [6.07, 6.45) is 2.45. The van der Waals surface area contributed by atoms with Gasteiger partial charge in [0.25, 0.3) is 0 Å². The van der Waals surface area contributed by atoms with E-state index in [0.29, 0.717) is 5.56 Å². The summed E-state index contributed by atoms with van der Waals surface area (Å²) in [6.45, 7) is 1.82. The van der Waals surface area contributed by atoms with Crippen LogP contribution in [0.1, 0.15) is 21.5 Å². The Morgan fingerprint density at radius 3 is 2.76 bits per heavy atom. The number of carbonyl (C=O) groups excluding carboxylic acids is 1. The number of aromatic nitrogens is 1. The number of nitrogens with zero attached hydrogens (tertiary/aromatic N) is 1. The molecule has 0 bridgehead atoms. The second kappa shape index (κ2) is 4.75. The van der Waals surface area contributed by atoms with Gasteiger partial charge >= 0.3 is 0 Å². The van der Waals surface area contributed by atoms with E-state index in [4.69, 9.17) is 0 Å². The molecule has 1 aromatic heterocycles. The summed E-state index contributed by atoms with van der Waals surface area (Å²) in [7, 11) is 0. The Kier molecular flexibility index (Phi) is 3.33. The fourth-order valence-corrected chi connectivity index (χ4v) is 1.92. The average molecular weight is 294 g/mol. The lowest BCUT2D eigenvalue weighted by atomic mass is 10.00. The second-order valence-electron chi connectivity index (χ2n) is 3.60. The van der Waals surface area contributed by atoms with Gasteiger partial charge in [0.15, 0.2) is 11.6 Å². The van der Waals surface area contributed by atoms with Gasteiger partial charge in [-0.25, -0.2) is 4.39 Å². The number of ketones is 1. The third kappa shape index (κ3) is 2.26. The predicted octanol–water partition coefficient (Wildman–Crippen LogP) is 3.52. The first kappa shape index (κ1) is 11.9. The number of hydrogen-bond acceptors (Lipinski definition) is 2. The predicted molar refractivity (Wildman–Crippen MR) is 66.5 cm³/mol. The lowest BCUT2D eigenvalue weighted by Gasteiger charge is -2.07. The Morgan fingerprint density at radius 1 is 1.29 bits per heavy atom. The van der Waals surface area contributed by atoms with E-state index in [1.807, 2.05) is 13.0 Å². The third-order valence-electron chi connectivity index (χ3n) is 2.53. The highest BCUT2D eigenvalue weighted by Gasteiger charge is 2.16.